The molecule has 8 heteroatoms. The summed E-state index contributed by atoms with van der Waals surface area (Å²) < 4.78 is -0.722. The second-order valence-electron chi connectivity index (χ2n) is 13.0. The van der Waals surface area contributed by atoms with E-state index in [1.807, 2.05) is 40.1 Å². The molecule has 0 saturated carbocycles. The zero-order valence-corrected chi connectivity index (χ0v) is 27.3. The van der Waals surface area contributed by atoms with Gasteiger partial charge in [-0.3, -0.25) is 14.4 Å². The highest BCUT2D eigenvalue weighted by molar-refractivity contribution is 8.02. The van der Waals surface area contributed by atoms with Crippen LogP contribution in [-0.4, -0.2) is 85.8 Å². The van der Waals surface area contributed by atoms with Gasteiger partial charge in [0, 0.05) is 31.4 Å². The van der Waals surface area contributed by atoms with Gasteiger partial charge in [-0.2, -0.15) is 0 Å². The third-order valence-electron chi connectivity index (χ3n) is 9.62. The quantitative estimate of drug-likeness (QED) is 0.207. The Morgan fingerprint density at radius 2 is 1.79 bits per heavy atom. The Morgan fingerprint density at radius 1 is 1.12 bits per heavy atom. The van der Waals surface area contributed by atoms with Gasteiger partial charge < -0.3 is 19.8 Å². The summed E-state index contributed by atoms with van der Waals surface area (Å²) in [5.41, 5.74) is 1.02. The van der Waals surface area contributed by atoms with E-state index in [-0.39, 0.29) is 41.4 Å². The van der Waals surface area contributed by atoms with Gasteiger partial charge in [0.25, 0.3) is 0 Å². The zero-order valence-electron chi connectivity index (χ0n) is 26.5. The number of aliphatic hydroxyl groups is 1. The van der Waals surface area contributed by atoms with Crippen LogP contribution in [0.5, 0.6) is 0 Å². The van der Waals surface area contributed by atoms with Crippen molar-refractivity contribution in [1.29, 1.82) is 0 Å². The summed E-state index contributed by atoms with van der Waals surface area (Å²) in [7, 11) is 0. The Bertz CT molecular complexity index is 1160. The van der Waals surface area contributed by atoms with Gasteiger partial charge in [-0.15, -0.1) is 24.9 Å². The van der Waals surface area contributed by atoms with Crippen molar-refractivity contribution in [2.75, 3.05) is 26.2 Å². The lowest BCUT2D eigenvalue weighted by Crippen LogP contribution is -2.59. The highest BCUT2D eigenvalue weighted by Crippen LogP contribution is 2.69. The van der Waals surface area contributed by atoms with E-state index in [1.165, 1.54) is 0 Å². The average molecular weight is 610 g/mol. The summed E-state index contributed by atoms with van der Waals surface area (Å²) in [5, 5.41) is 10.6. The molecule has 3 saturated heterocycles. The van der Waals surface area contributed by atoms with Crippen LogP contribution in [0.15, 0.2) is 55.6 Å². The summed E-state index contributed by atoms with van der Waals surface area (Å²) >= 11 is 1.70. The van der Waals surface area contributed by atoms with Crippen molar-refractivity contribution in [1.82, 2.24) is 14.7 Å². The molecule has 43 heavy (non-hydrogen) atoms. The van der Waals surface area contributed by atoms with Crippen molar-refractivity contribution in [2.24, 2.45) is 23.7 Å². The molecule has 3 unspecified atom stereocenters. The normalized spacial score (nSPS) is 28.2. The maximum absolute atomic E-state index is 14.7. The SMILES string of the molecule is C=CCN(CCCCC)C(=O)C1N([C@@H](CO)CC(C)C)C(=O)[C@@H]2[C@@H](C(=O)N(CC=C)Cc3ccccc3)[C@H]3CC(C)C12S3. The van der Waals surface area contributed by atoms with E-state index < -0.39 is 28.7 Å². The summed E-state index contributed by atoms with van der Waals surface area (Å²) in [5.74, 6) is -1.11. The first kappa shape index (κ1) is 33.3. The van der Waals surface area contributed by atoms with Gasteiger partial charge in [-0.25, -0.2) is 0 Å². The predicted molar refractivity (Wildman–Crippen MR) is 174 cm³/mol. The molecule has 2 bridgehead atoms. The molecule has 1 aromatic carbocycles. The molecule has 7 nitrogen and oxygen atoms in total. The standard InChI is InChI=1S/C35H51N3O4S/c1-7-10-14-19-36(17-8-2)34(42)31-35-25(6)21-28(43-35)29(30(35)33(41)38(31)27(23-39)20-24(4)5)32(40)37(18-9-3)22-26-15-12-11-13-16-26/h8-9,11-13,15-16,24-25,27-31,39H,2-3,7,10,14,17-23H2,1,4-6H3/t25?,27-,28-,29+,30+,31?,35?/m1/s1. The average Bonchev–Trinajstić information content (AvgIpc) is 3.58. The van der Waals surface area contributed by atoms with E-state index in [2.05, 4.69) is 40.9 Å². The smallest absolute Gasteiger partial charge is 0.247 e. The summed E-state index contributed by atoms with van der Waals surface area (Å²) in [6, 6.07) is 8.67. The molecule has 3 amide bonds. The van der Waals surface area contributed by atoms with Crippen molar-refractivity contribution >= 4 is 29.5 Å². The number of likely N-dealkylation sites (tertiary alicyclic amines) is 1. The molecule has 1 aromatic rings. The number of benzene rings is 1. The van der Waals surface area contributed by atoms with E-state index in [0.29, 0.717) is 32.6 Å². The van der Waals surface area contributed by atoms with Crippen molar-refractivity contribution in [2.45, 2.75) is 88.4 Å². The fraction of sp³-hybridized carbons (Fsp3) is 0.629. The lowest BCUT2D eigenvalue weighted by molar-refractivity contribution is -0.147. The van der Waals surface area contributed by atoms with Gasteiger partial charge in [-0.1, -0.05) is 83.0 Å². The molecule has 1 spiro atoms. The lowest BCUT2D eigenvalue weighted by Gasteiger charge is -2.42. The number of thioether (sulfide) groups is 1. The molecule has 236 valence electrons. The van der Waals surface area contributed by atoms with E-state index in [0.717, 1.165) is 31.2 Å². The molecule has 3 aliphatic rings. The molecule has 0 aromatic heterocycles. The fourth-order valence-corrected chi connectivity index (χ4v) is 10.2. The lowest BCUT2D eigenvalue weighted by atomic mass is 9.65. The minimum Gasteiger partial charge on any atom is -0.394 e. The van der Waals surface area contributed by atoms with Crippen molar-refractivity contribution in [3.63, 3.8) is 0 Å². The highest BCUT2D eigenvalue weighted by atomic mass is 32.2. The number of amides is 3. The molecular weight excluding hydrogens is 558 g/mol. The van der Waals surface area contributed by atoms with Crippen molar-refractivity contribution < 1.29 is 19.5 Å². The zero-order chi connectivity index (χ0) is 31.3. The number of carbonyl (C=O) groups excluding carboxylic acids is 3. The van der Waals surface area contributed by atoms with Gasteiger partial charge in [-0.05, 0) is 36.7 Å². The minimum absolute atomic E-state index is 0.0393. The second-order valence-corrected chi connectivity index (χ2v) is 14.6. The molecule has 0 aliphatic carbocycles. The summed E-state index contributed by atoms with van der Waals surface area (Å²) in [6.45, 7) is 17.9. The summed E-state index contributed by atoms with van der Waals surface area (Å²) in [4.78, 5) is 49.3. The van der Waals surface area contributed by atoms with E-state index in [1.54, 1.807) is 28.8 Å². The van der Waals surface area contributed by atoms with Gasteiger partial charge in [0.1, 0.15) is 6.04 Å². The van der Waals surface area contributed by atoms with Gasteiger partial charge in [0.15, 0.2) is 0 Å². The van der Waals surface area contributed by atoms with Crippen LogP contribution in [0, 0.1) is 23.7 Å². The van der Waals surface area contributed by atoms with Crippen LogP contribution in [0.3, 0.4) is 0 Å². The maximum atomic E-state index is 14.7. The van der Waals surface area contributed by atoms with Crippen LogP contribution in [0.2, 0.25) is 0 Å². The molecule has 3 aliphatic heterocycles. The van der Waals surface area contributed by atoms with Crippen LogP contribution in [0.25, 0.3) is 0 Å². The Kier molecular flexibility index (Phi) is 11.2. The molecule has 3 heterocycles. The van der Waals surface area contributed by atoms with Crippen molar-refractivity contribution in [3.8, 4) is 0 Å². The highest BCUT2D eigenvalue weighted by Gasteiger charge is 2.77. The number of hydrogen-bond donors (Lipinski definition) is 1. The third-order valence-corrected chi connectivity index (χ3v) is 11.7. The van der Waals surface area contributed by atoms with Crippen LogP contribution in [-0.2, 0) is 20.9 Å². The first-order chi connectivity index (χ1) is 20.7. The van der Waals surface area contributed by atoms with Gasteiger partial charge in [0.05, 0.1) is 29.2 Å². The number of hydrogen-bond acceptors (Lipinski definition) is 5. The number of unbranched alkanes of at least 4 members (excludes halogenated alkanes) is 2. The third kappa shape index (κ3) is 6.32. The van der Waals surface area contributed by atoms with E-state index >= 15 is 0 Å². The number of rotatable bonds is 16. The predicted octanol–water partition coefficient (Wildman–Crippen LogP) is 5.15. The Hall–Kier alpha value is -2.58. The molecule has 7 atom stereocenters. The number of aliphatic hydroxyl groups excluding tert-OH is 1. The van der Waals surface area contributed by atoms with Crippen LogP contribution >= 0.6 is 11.8 Å². The van der Waals surface area contributed by atoms with Crippen molar-refractivity contribution in [3.05, 3.63) is 61.2 Å². The number of nitrogens with zero attached hydrogens (tertiary/aromatic N) is 3. The Labute approximate surface area is 262 Å². The van der Waals surface area contributed by atoms with E-state index in [4.69, 9.17) is 0 Å². The molecule has 1 N–H and O–H groups in total. The monoisotopic (exact) mass is 609 g/mol. The first-order valence-corrected chi connectivity index (χ1v) is 17.0. The van der Waals surface area contributed by atoms with E-state index in [9.17, 15) is 19.5 Å². The Morgan fingerprint density at radius 3 is 2.40 bits per heavy atom. The first-order valence-electron chi connectivity index (χ1n) is 16.1. The number of fused-ring (bicyclic) bond motifs is 1. The van der Waals surface area contributed by atoms with Gasteiger partial charge >= 0.3 is 0 Å². The van der Waals surface area contributed by atoms with Crippen LogP contribution in [0.1, 0.15) is 65.4 Å². The molecule has 0 radical (unpaired) electrons. The largest absolute Gasteiger partial charge is 0.394 e. The van der Waals surface area contributed by atoms with Crippen LogP contribution < -0.4 is 0 Å². The summed E-state index contributed by atoms with van der Waals surface area (Å²) in [6.07, 6.45) is 7.79. The Balaban J connectivity index is 1.77. The fourth-order valence-electron chi connectivity index (χ4n) is 7.81. The number of carbonyl (C=O) groups is 3. The molecule has 3 fully saturated rings. The second kappa shape index (κ2) is 14.5. The molecular formula is C35H51N3O4S. The van der Waals surface area contributed by atoms with Gasteiger partial charge in [0.2, 0.25) is 17.7 Å². The topological polar surface area (TPSA) is 81.2 Å². The van der Waals surface area contributed by atoms with Crippen LogP contribution in [0.4, 0.5) is 0 Å². The molecule has 4 rings (SSSR count). The maximum Gasteiger partial charge on any atom is 0.247 e. The minimum atomic E-state index is -0.729.